The lowest BCUT2D eigenvalue weighted by Gasteiger charge is -2.16. The van der Waals surface area contributed by atoms with Gasteiger partial charge in [-0.1, -0.05) is 24.6 Å². The Morgan fingerprint density at radius 1 is 1.33 bits per heavy atom. The van der Waals surface area contributed by atoms with Crippen LogP contribution >= 0.6 is 11.8 Å². The van der Waals surface area contributed by atoms with Gasteiger partial charge in [0.05, 0.1) is 5.54 Å². The van der Waals surface area contributed by atoms with Crippen LogP contribution in [0.4, 0.5) is 10.1 Å². The predicted molar refractivity (Wildman–Crippen MR) is 75.9 cm³/mol. The number of aryl methyl sites for hydroxylation is 1. The third-order valence-corrected chi connectivity index (χ3v) is 4.91. The number of hydrogen-bond acceptors (Lipinski definition) is 3. The van der Waals surface area contributed by atoms with Gasteiger partial charge >= 0.3 is 0 Å². The van der Waals surface area contributed by atoms with Crippen molar-refractivity contribution in [3.63, 3.8) is 0 Å². The molecule has 18 heavy (non-hydrogen) atoms. The molecule has 0 radical (unpaired) electrons. The Hall–Kier alpha value is -1.03. The second-order valence-corrected chi connectivity index (χ2v) is 6.19. The quantitative estimate of drug-likeness (QED) is 0.830. The SMILES string of the molecule is Cc1cc(NC2=NC3(CCCC3)CS2)ccc1F. The molecule has 0 amide bonds. The number of benzene rings is 1. The lowest BCUT2D eigenvalue weighted by Crippen LogP contribution is -2.21. The Morgan fingerprint density at radius 3 is 2.83 bits per heavy atom. The molecule has 0 atom stereocenters. The lowest BCUT2D eigenvalue weighted by molar-refractivity contribution is 0.508. The summed E-state index contributed by atoms with van der Waals surface area (Å²) in [6.07, 6.45) is 5.03. The summed E-state index contributed by atoms with van der Waals surface area (Å²) in [5.74, 6) is 0.934. The summed E-state index contributed by atoms with van der Waals surface area (Å²) in [5, 5.41) is 4.30. The Balaban J connectivity index is 1.75. The molecule has 1 saturated carbocycles. The van der Waals surface area contributed by atoms with Gasteiger partial charge in [-0.15, -0.1) is 0 Å². The predicted octanol–water partition coefficient (Wildman–Crippen LogP) is 3.96. The summed E-state index contributed by atoms with van der Waals surface area (Å²) >= 11 is 1.79. The first-order chi connectivity index (χ1) is 8.67. The zero-order chi connectivity index (χ0) is 12.6. The van der Waals surface area contributed by atoms with Crippen LogP contribution in [0.1, 0.15) is 31.2 Å². The number of nitrogens with one attached hydrogen (secondary N) is 1. The minimum atomic E-state index is -0.158. The number of anilines is 1. The molecule has 1 heterocycles. The number of rotatable bonds is 1. The van der Waals surface area contributed by atoms with E-state index in [0.717, 1.165) is 16.6 Å². The first kappa shape index (κ1) is 12.0. The Morgan fingerprint density at radius 2 is 2.11 bits per heavy atom. The summed E-state index contributed by atoms with van der Waals surface area (Å²) in [4.78, 5) is 4.84. The van der Waals surface area contributed by atoms with E-state index in [2.05, 4.69) is 5.32 Å². The summed E-state index contributed by atoms with van der Waals surface area (Å²) in [7, 11) is 0. The number of amidine groups is 1. The molecule has 2 aliphatic rings. The van der Waals surface area contributed by atoms with Crippen molar-refractivity contribution in [1.29, 1.82) is 0 Å². The number of hydrogen-bond donors (Lipinski definition) is 1. The van der Waals surface area contributed by atoms with E-state index in [1.807, 2.05) is 6.07 Å². The van der Waals surface area contributed by atoms with E-state index in [0.29, 0.717) is 5.56 Å². The van der Waals surface area contributed by atoms with Crippen molar-refractivity contribution < 1.29 is 4.39 Å². The fourth-order valence-electron chi connectivity index (χ4n) is 2.68. The first-order valence-electron chi connectivity index (χ1n) is 6.43. The maximum absolute atomic E-state index is 13.2. The smallest absolute Gasteiger partial charge is 0.161 e. The van der Waals surface area contributed by atoms with Crippen LogP contribution in [0.25, 0.3) is 0 Å². The number of aliphatic imine (C=N–C) groups is 1. The van der Waals surface area contributed by atoms with E-state index in [-0.39, 0.29) is 11.4 Å². The van der Waals surface area contributed by atoms with Crippen LogP contribution in [0.2, 0.25) is 0 Å². The minimum Gasteiger partial charge on any atom is -0.335 e. The van der Waals surface area contributed by atoms with E-state index in [4.69, 9.17) is 4.99 Å². The van der Waals surface area contributed by atoms with Gasteiger partial charge < -0.3 is 5.32 Å². The van der Waals surface area contributed by atoms with Crippen LogP contribution < -0.4 is 5.32 Å². The van der Waals surface area contributed by atoms with Gasteiger partial charge in [-0.25, -0.2) is 4.39 Å². The molecule has 1 aromatic carbocycles. The zero-order valence-corrected chi connectivity index (χ0v) is 11.3. The molecule has 96 valence electrons. The maximum atomic E-state index is 13.2. The van der Waals surface area contributed by atoms with Crippen LogP contribution in [0.5, 0.6) is 0 Å². The van der Waals surface area contributed by atoms with Crippen molar-refractivity contribution in [3.8, 4) is 0 Å². The van der Waals surface area contributed by atoms with Crippen LogP contribution in [-0.4, -0.2) is 16.5 Å². The highest BCUT2D eigenvalue weighted by Crippen LogP contribution is 2.41. The molecule has 2 nitrogen and oxygen atoms in total. The maximum Gasteiger partial charge on any atom is 0.161 e. The largest absolute Gasteiger partial charge is 0.335 e. The third kappa shape index (κ3) is 2.26. The molecule has 1 aliphatic heterocycles. The summed E-state index contributed by atoms with van der Waals surface area (Å²) in [5.41, 5.74) is 1.79. The monoisotopic (exact) mass is 264 g/mol. The standard InChI is InChI=1S/C14H17FN2S/c1-10-8-11(4-5-12(10)15)16-13-17-14(9-18-13)6-2-3-7-14/h4-5,8H,2-3,6-7,9H2,1H3,(H,16,17). The third-order valence-electron chi connectivity index (χ3n) is 3.76. The summed E-state index contributed by atoms with van der Waals surface area (Å²) in [6, 6.07) is 5.10. The molecule has 0 saturated heterocycles. The van der Waals surface area contributed by atoms with Gasteiger partial charge in [0.25, 0.3) is 0 Å². The van der Waals surface area contributed by atoms with Gasteiger partial charge in [0.1, 0.15) is 5.82 Å². The van der Waals surface area contributed by atoms with Crippen LogP contribution in [0, 0.1) is 12.7 Å². The lowest BCUT2D eigenvalue weighted by atomic mass is 10.0. The van der Waals surface area contributed by atoms with Crippen LogP contribution in [0.15, 0.2) is 23.2 Å². The van der Waals surface area contributed by atoms with E-state index in [1.54, 1.807) is 24.8 Å². The van der Waals surface area contributed by atoms with Crippen molar-refractivity contribution >= 4 is 22.6 Å². The van der Waals surface area contributed by atoms with E-state index < -0.39 is 0 Å². The van der Waals surface area contributed by atoms with Crippen molar-refractivity contribution in [2.45, 2.75) is 38.1 Å². The average Bonchev–Trinajstić information content (AvgIpc) is 2.96. The van der Waals surface area contributed by atoms with Crippen molar-refractivity contribution in [2.75, 3.05) is 11.1 Å². The highest BCUT2D eigenvalue weighted by Gasteiger charge is 2.38. The van der Waals surface area contributed by atoms with Gasteiger partial charge in [-0.05, 0) is 43.5 Å². The highest BCUT2D eigenvalue weighted by atomic mass is 32.2. The Kier molecular flexibility index (Phi) is 3.06. The van der Waals surface area contributed by atoms with Gasteiger partial charge in [-0.3, -0.25) is 4.99 Å². The summed E-state index contributed by atoms with van der Waals surface area (Å²) < 4.78 is 13.2. The van der Waals surface area contributed by atoms with Gasteiger partial charge in [0.15, 0.2) is 5.17 Å². The Bertz CT molecular complexity index is 493. The molecular weight excluding hydrogens is 247 g/mol. The number of thioether (sulfide) groups is 1. The molecule has 1 N–H and O–H groups in total. The first-order valence-corrected chi connectivity index (χ1v) is 7.41. The second kappa shape index (κ2) is 4.57. The molecule has 0 unspecified atom stereocenters. The highest BCUT2D eigenvalue weighted by molar-refractivity contribution is 8.14. The zero-order valence-electron chi connectivity index (χ0n) is 10.5. The fourth-order valence-corrected chi connectivity index (χ4v) is 3.89. The molecule has 0 bridgehead atoms. The molecule has 1 aliphatic carbocycles. The van der Waals surface area contributed by atoms with Crippen LogP contribution in [-0.2, 0) is 0 Å². The molecule has 3 rings (SSSR count). The summed E-state index contributed by atoms with van der Waals surface area (Å²) in [6.45, 7) is 1.78. The van der Waals surface area contributed by atoms with Crippen molar-refractivity contribution in [2.24, 2.45) is 4.99 Å². The van der Waals surface area contributed by atoms with E-state index in [9.17, 15) is 4.39 Å². The molecular formula is C14H17FN2S. The fraction of sp³-hybridized carbons (Fsp3) is 0.500. The second-order valence-electron chi connectivity index (χ2n) is 5.23. The topological polar surface area (TPSA) is 24.4 Å². The van der Waals surface area contributed by atoms with Crippen LogP contribution in [0.3, 0.4) is 0 Å². The van der Waals surface area contributed by atoms with Gasteiger partial charge in [0, 0.05) is 11.4 Å². The molecule has 1 fully saturated rings. The minimum absolute atomic E-state index is 0.158. The number of halogens is 1. The molecule has 0 aromatic heterocycles. The molecule has 4 heteroatoms. The average molecular weight is 264 g/mol. The van der Waals surface area contributed by atoms with Crippen molar-refractivity contribution in [1.82, 2.24) is 0 Å². The molecule has 1 aromatic rings. The van der Waals surface area contributed by atoms with Crippen molar-refractivity contribution in [3.05, 3.63) is 29.6 Å². The van der Waals surface area contributed by atoms with Gasteiger partial charge in [-0.2, -0.15) is 0 Å². The van der Waals surface area contributed by atoms with Gasteiger partial charge in [0.2, 0.25) is 0 Å². The Labute approximate surface area is 111 Å². The van der Waals surface area contributed by atoms with E-state index >= 15 is 0 Å². The number of nitrogens with zero attached hydrogens (tertiary/aromatic N) is 1. The molecule has 1 spiro atoms. The normalized spacial score (nSPS) is 21.3. The van der Waals surface area contributed by atoms with E-state index in [1.165, 1.54) is 31.7 Å².